The van der Waals surface area contributed by atoms with Gasteiger partial charge in [-0.3, -0.25) is 25.3 Å². The Bertz CT molecular complexity index is 183. The maximum atomic E-state index is 11.0. The Labute approximate surface area is 77.4 Å². The number of hydrazine groups is 1. The Morgan fingerprint density at radius 2 is 2.00 bits per heavy atom. The number of nitrogens with two attached hydrogens (primary N) is 1. The van der Waals surface area contributed by atoms with E-state index in [9.17, 15) is 9.59 Å². The molecule has 0 atom stereocenters. The van der Waals surface area contributed by atoms with Gasteiger partial charge in [0.25, 0.3) is 5.91 Å². The molecular weight excluding hydrogens is 172 g/mol. The lowest BCUT2D eigenvalue weighted by Gasteiger charge is -2.14. The van der Waals surface area contributed by atoms with Gasteiger partial charge in [0, 0.05) is 20.0 Å². The maximum Gasteiger partial charge on any atom is 0.252 e. The maximum absolute atomic E-state index is 11.0. The second kappa shape index (κ2) is 6.38. The molecule has 4 N–H and O–H groups in total. The van der Waals surface area contributed by atoms with Crippen LogP contribution < -0.4 is 16.6 Å². The fraction of sp³-hybridized carbons (Fsp3) is 0.714. The smallest absolute Gasteiger partial charge is 0.252 e. The van der Waals surface area contributed by atoms with E-state index in [0.717, 1.165) is 0 Å². The molecule has 0 unspecified atom stereocenters. The Morgan fingerprint density at radius 3 is 2.46 bits per heavy atom. The van der Waals surface area contributed by atoms with Crippen LogP contribution in [-0.2, 0) is 9.59 Å². The lowest BCUT2D eigenvalue weighted by molar-refractivity contribution is -0.128. The minimum absolute atomic E-state index is 0.220. The van der Waals surface area contributed by atoms with Crippen LogP contribution >= 0.6 is 0 Å². The van der Waals surface area contributed by atoms with E-state index in [1.807, 2.05) is 0 Å². The molecule has 2 amide bonds. The van der Waals surface area contributed by atoms with Gasteiger partial charge in [0.05, 0.1) is 6.54 Å². The second-order valence-corrected chi connectivity index (χ2v) is 2.76. The van der Waals surface area contributed by atoms with Crippen LogP contribution in [0.3, 0.4) is 0 Å². The van der Waals surface area contributed by atoms with Crippen molar-refractivity contribution in [3.05, 3.63) is 0 Å². The fourth-order valence-electron chi connectivity index (χ4n) is 0.742. The van der Waals surface area contributed by atoms with Crippen LogP contribution in [0.25, 0.3) is 0 Å². The molecule has 6 heteroatoms. The van der Waals surface area contributed by atoms with Gasteiger partial charge in [-0.1, -0.05) is 0 Å². The number of likely N-dealkylation sites (N-methyl/N-ethyl adjacent to an activating group) is 1. The van der Waals surface area contributed by atoms with Crippen LogP contribution in [-0.4, -0.2) is 43.4 Å². The normalized spacial score (nSPS) is 9.85. The molecule has 6 nitrogen and oxygen atoms in total. The quantitative estimate of drug-likeness (QED) is 0.447. The first kappa shape index (κ1) is 11.9. The highest BCUT2D eigenvalue weighted by Gasteiger charge is 2.04. The molecule has 0 aromatic heterocycles. The summed E-state index contributed by atoms with van der Waals surface area (Å²) in [5.41, 5.74) is 9.73. The van der Waals surface area contributed by atoms with Crippen LogP contribution in [0, 0.1) is 0 Å². The number of nitrogens with zero attached hydrogens (tertiary/aromatic N) is 1. The summed E-state index contributed by atoms with van der Waals surface area (Å²) in [6.45, 7) is 2.69. The number of hydrogen-bond acceptors (Lipinski definition) is 4. The monoisotopic (exact) mass is 188 g/mol. The lowest BCUT2D eigenvalue weighted by Crippen LogP contribution is -2.45. The number of carbonyl (C=O) groups excluding carboxylic acids is 2. The van der Waals surface area contributed by atoms with Gasteiger partial charge in [0.15, 0.2) is 0 Å². The summed E-state index contributed by atoms with van der Waals surface area (Å²) < 4.78 is 0. The number of hydrogen-bond donors (Lipinski definition) is 3. The Morgan fingerprint density at radius 1 is 1.38 bits per heavy atom. The SMILES string of the molecule is CC(=O)NNC(=O)CN(C)CCN. The van der Waals surface area contributed by atoms with Crippen molar-refractivity contribution in [1.82, 2.24) is 15.8 Å². The van der Waals surface area contributed by atoms with E-state index in [1.54, 1.807) is 11.9 Å². The summed E-state index contributed by atoms with van der Waals surface area (Å²) in [6.07, 6.45) is 0. The van der Waals surface area contributed by atoms with Crippen LogP contribution in [0.15, 0.2) is 0 Å². The van der Waals surface area contributed by atoms with Crippen molar-refractivity contribution in [2.45, 2.75) is 6.92 Å². The first-order valence-electron chi connectivity index (χ1n) is 4.00. The molecular formula is C7H16N4O2. The molecule has 0 saturated carbocycles. The highest BCUT2D eigenvalue weighted by molar-refractivity contribution is 5.81. The number of nitrogens with one attached hydrogen (secondary N) is 2. The predicted octanol–water partition coefficient (Wildman–Crippen LogP) is -1.96. The standard InChI is InChI=1S/C7H16N4O2/c1-6(12)9-10-7(13)5-11(2)4-3-8/h3-5,8H2,1-2H3,(H,9,12)(H,10,13). The molecule has 0 aliphatic rings. The first-order valence-corrected chi connectivity index (χ1v) is 4.00. The van der Waals surface area contributed by atoms with E-state index in [1.165, 1.54) is 6.92 Å². The van der Waals surface area contributed by atoms with E-state index >= 15 is 0 Å². The third kappa shape index (κ3) is 7.23. The topological polar surface area (TPSA) is 87.5 Å². The largest absolute Gasteiger partial charge is 0.329 e. The van der Waals surface area contributed by atoms with E-state index in [2.05, 4.69) is 10.9 Å². The third-order valence-corrected chi connectivity index (χ3v) is 1.30. The summed E-state index contributed by atoms with van der Waals surface area (Å²) in [5.74, 6) is -0.555. The minimum Gasteiger partial charge on any atom is -0.329 e. The summed E-state index contributed by atoms with van der Waals surface area (Å²) in [4.78, 5) is 23.2. The zero-order valence-corrected chi connectivity index (χ0v) is 7.96. The Hall–Kier alpha value is -1.14. The van der Waals surface area contributed by atoms with Crippen molar-refractivity contribution in [2.75, 3.05) is 26.7 Å². The molecule has 0 bridgehead atoms. The van der Waals surface area contributed by atoms with Crippen LogP contribution in [0.1, 0.15) is 6.92 Å². The second-order valence-electron chi connectivity index (χ2n) is 2.76. The van der Waals surface area contributed by atoms with E-state index in [0.29, 0.717) is 13.1 Å². The van der Waals surface area contributed by atoms with Gasteiger partial charge in [-0.05, 0) is 7.05 Å². The van der Waals surface area contributed by atoms with Crippen molar-refractivity contribution in [3.63, 3.8) is 0 Å². The summed E-state index contributed by atoms with van der Waals surface area (Å²) in [7, 11) is 1.78. The molecule has 0 aliphatic heterocycles. The van der Waals surface area contributed by atoms with E-state index in [-0.39, 0.29) is 18.4 Å². The van der Waals surface area contributed by atoms with Gasteiger partial charge in [0.2, 0.25) is 5.91 Å². The van der Waals surface area contributed by atoms with Gasteiger partial charge in [-0.15, -0.1) is 0 Å². The molecule has 0 aromatic rings. The lowest BCUT2D eigenvalue weighted by atomic mass is 10.5. The predicted molar refractivity (Wildman–Crippen MR) is 48.5 cm³/mol. The summed E-state index contributed by atoms with van der Waals surface area (Å²) in [6, 6.07) is 0. The molecule has 13 heavy (non-hydrogen) atoms. The van der Waals surface area contributed by atoms with Crippen molar-refractivity contribution in [3.8, 4) is 0 Å². The molecule has 0 heterocycles. The first-order chi connectivity index (χ1) is 6.06. The number of rotatable bonds is 4. The van der Waals surface area contributed by atoms with Crippen molar-refractivity contribution < 1.29 is 9.59 Å². The van der Waals surface area contributed by atoms with Crippen LogP contribution in [0.4, 0.5) is 0 Å². The summed E-state index contributed by atoms with van der Waals surface area (Å²) in [5, 5.41) is 0. The molecule has 76 valence electrons. The zero-order valence-electron chi connectivity index (χ0n) is 7.96. The molecule has 0 aliphatic carbocycles. The molecule has 0 fully saturated rings. The number of amides is 2. The minimum atomic E-state index is -0.296. The molecule has 0 radical (unpaired) electrons. The summed E-state index contributed by atoms with van der Waals surface area (Å²) >= 11 is 0. The molecule has 0 rings (SSSR count). The Balaban J connectivity index is 3.55. The van der Waals surface area contributed by atoms with Gasteiger partial charge in [0.1, 0.15) is 0 Å². The van der Waals surface area contributed by atoms with Crippen LogP contribution in [0.5, 0.6) is 0 Å². The van der Waals surface area contributed by atoms with E-state index < -0.39 is 0 Å². The Kier molecular flexibility index (Phi) is 5.82. The van der Waals surface area contributed by atoms with Gasteiger partial charge in [-0.2, -0.15) is 0 Å². The van der Waals surface area contributed by atoms with Crippen LogP contribution in [0.2, 0.25) is 0 Å². The fourth-order valence-corrected chi connectivity index (χ4v) is 0.742. The highest BCUT2D eigenvalue weighted by atomic mass is 16.2. The number of carbonyl (C=O) groups is 2. The molecule has 0 spiro atoms. The zero-order chi connectivity index (χ0) is 10.3. The highest BCUT2D eigenvalue weighted by Crippen LogP contribution is 1.78. The van der Waals surface area contributed by atoms with Crippen molar-refractivity contribution in [2.24, 2.45) is 5.73 Å². The molecule has 0 aromatic carbocycles. The average Bonchev–Trinajstić information content (AvgIpc) is 2.01. The average molecular weight is 188 g/mol. The molecule has 0 saturated heterocycles. The van der Waals surface area contributed by atoms with Gasteiger partial charge >= 0.3 is 0 Å². The third-order valence-electron chi connectivity index (χ3n) is 1.30. The van der Waals surface area contributed by atoms with Crippen molar-refractivity contribution >= 4 is 11.8 Å². The van der Waals surface area contributed by atoms with Crippen molar-refractivity contribution in [1.29, 1.82) is 0 Å². The van der Waals surface area contributed by atoms with E-state index in [4.69, 9.17) is 5.73 Å². The van der Waals surface area contributed by atoms with Gasteiger partial charge < -0.3 is 5.73 Å². The van der Waals surface area contributed by atoms with Gasteiger partial charge in [-0.25, -0.2) is 0 Å².